The van der Waals surface area contributed by atoms with Crippen molar-refractivity contribution in [1.29, 1.82) is 0 Å². The summed E-state index contributed by atoms with van der Waals surface area (Å²) in [6.45, 7) is 4.27. The van der Waals surface area contributed by atoms with Gasteiger partial charge in [0.05, 0.1) is 0 Å². The Morgan fingerprint density at radius 3 is 2.73 bits per heavy atom. The van der Waals surface area contributed by atoms with Crippen LogP contribution in [0, 0.1) is 13.8 Å². The minimum absolute atomic E-state index is 0.219. The largest absolute Gasteiger partial charge is 0.468 e. The minimum Gasteiger partial charge on any atom is -0.468 e. The van der Waals surface area contributed by atoms with E-state index in [0.29, 0.717) is 24.0 Å². The minimum atomic E-state index is 0.219. The average Bonchev–Trinajstić information content (AvgIpc) is 2.97. The molecule has 0 aliphatic heterocycles. The molecule has 2 heterocycles. The SMILES string of the molecule is Cc1ccc(OCc2nc(Cc3ccccc3C)no2)nc1. The van der Waals surface area contributed by atoms with E-state index >= 15 is 0 Å². The van der Waals surface area contributed by atoms with E-state index in [1.807, 2.05) is 31.2 Å². The summed E-state index contributed by atoms with van der Waals surface area (Å²) in [6, 6.07) is 11.9. The first-order valence-electron chi connectivity index (χ1n) is 7.12. The molecule has 22 heavy (non-hydrogen) atoms. The molecule has 0 aliphatic carbocycles. The van der Waals surface area contributed by atoms with Crippen molar-refractivity contribution in [3.63, 3.8) is 0 Å². The third-order valence-electron chi connectivity index (χ3n) is 3.35. The third kappa shape index (κ3) is 3.49. The Hall–Kier alpha value is -2.69. The van der Waals surface area contributed by atoms with Gasteiger partial charge in [-0.25, -0.2) is 4.98 Å². The summed E-state index contributed by atoms with van der Waals surface area (Å²) in [5, 5.41) is 3.99. The van der Waals surface area contributed by atoms with E-state index in [0.717, 1.165) is 5.56 Å². The highest BCUT2D eigenvalue weighted by Gasteiger charge is 2.09. The van der Waals surface area contributed by atoms with Gasteiger partial charge in [-0.15, -0.1) is 0 Å². The van der Waals surface area contributed by atoms with Gasteiger partial charge in [0.15, 0.2) is 12.4 Å². The number of aromatic nitrogens is 3. The van der Waals surface area contributed by atoms with Crippen molar-refractivity contribution < 1.29 is 9.26 Å². The molecule has 0 saturated carbocycles. The lowest BCUT2D eigenvalue weighted by molar-refractivity contribution is 0.235. The van der Waals surface area contributed by atoms with Gasteiger partial charge in [-0.2, -0.15) is 4.98 Å². The molecule has 112 valence electrons. The number of aryl methyl sites for hydroxylation is 2. The van der Waals surface area contributed by atoms with Crippen LogP contribution in [0.5, 0.6) is 5.88 Å². The Kier molecular flexibility index (Phi) is 4.14. The van der Waals surface area contributed by atoms with Gasteiger partial charge in [-0.3, -0.25) is 0 Å². The van der Waals surface area contributed by atoms with E-state index in [1.165, 1.54) is 11.1 Å². The molecule has 0 aliphatic rings. The fraction of sp³-hybridized carbons (Fsp3) is 0.235. The zero-order chi connectivity index (χ0) is 15.4. The Balaban J connectivity index is 1.61. The second-order valence-corrected chi connectivity index (χ2v) is 5.17. The van der Waals surface area contributed by atoms with Crippen molar-refractivity contribution in [3.05, 3.63) is 71.0 Å². The van der Waals surface area contributed by atoms with E-state index in [1.54, 1.807) is 6.20 Å². The summed E-state index contributed by atoms with van der Waals surface area (Å²) >= 11 is 0. The number of rotatable bonds is 5. The van der Waals surface area contributed by atoms with Crippen molar-refractivity contribution in [2.45, 2.75) is 26.9 Å². The van der Waals surface area contributed by atoms with Gasteiger partial charge in [-0.05, 0) is 30.5 Å². The van der Waals surface area contributed by atoms with Gasteiger partial charge in [0.25, 0.3) is 5.89 Å². The molecule has 3 rings (SSSR count). The van der Waals surface area contributed by atoms with Crippen LogP contribution in [-0.2, 0) is 13.0 Å². The number of benzene rings is 1. The monoisotopic (exact) mass is 295 g/mol. The lowest BCUT2D eigenvalue weighted by Crippen LogP contribution is -1.98. The molecule has 0 atom stereocenters. The molecule has 5 heteroatoms. The highest BCUT2D eigenvalue weighted by molar-refractivity contribution is 5.28. The highest BCUT2D eigenvalue weighted by Crippen LogP contribution is 2.13. The molecule has 0 amide bonds. The summed E-state index contributed by atoms with van der Waals surface area (Å²) in [4.78, 5) is 8.52. The van der Waals surface area contributed by atoms with Crippen LogP contribution in [0.2, 0.25) is 0 Å². The van der Waals surface area contributed by atoms with Crippen LogP contribution >= 0.6 is 0 Å². The van der Waals surface area contributed by atoms with Crippen LogP contribution in [0.3, 0.4) is 0 Å². The number of hydrogen-bond donors (Lipinski definition) is 0. The summed E-state index contributed by atoms with van der Waals surface area (Å²) in [5.74, 6) is 1.65. The van der Waals surface area contributed by atoms with Crippen molar-refractivity contribution in [3.8, 4) is 5.88 Å². The van der Waals surface area contributed by atoms with Gasteiger partial charge >= 0.3 is 0 Å². The fourth-order valence-electron chi connectivity index (χ4n) is 2.07. The van der Waals surface area contributed by atoms with Crippen LogP contribution < -0.4 is 4.74 Å². The molecule has 2 aromatic heterocycles. The molecule has 0 spiro atoms. The van der Waals surface area contributed by atoms with Crippen molar-refractivity contribution in [1.82, 2.24) is 15.1 Å². The molecule has 0 fully saturated rings. The number of ether oxygens (including phenoxy) is 1. The van der Waals surface area contributed by atoms with Gasteiger partial charge in [-0.1, -0.05) is 35.5 Å². The zero-order valence-corrected chi connectivity index (χ0v) is 12.6. The summed E-state index contributed by atoms with van der Waals surface area (Å²) < 4.78 is 10.7. The molecule has 5 nitrogen and oxygen atoms in total. The van der Waals surface area contributed by atoms with E-state index in [2.05, 4.69) is 34.2 Å². The Bertz CT molecular complexity index is 751. The third-order valence-corrected chi connectivity index (χ3v) is 3.35. The summed E-state index contributed by atoms with van der Waals surface area (Å²) in [6.07, 6.45) is 2.41. The maximum Gasteiger partial charge on any atom is 0.264 e. The second kappa shape index (κ2) is 6.39. The van der Waals surface area contributed by atoms with Gasteiger partial charge in [0, 0.05) is 18.7 Å². The Labute approximate surface area is 129 Å². The Morgan fingerprint density at radius 1 is 1.09 bits per heavy atom. The molecule has 0 radical (unpaired) electrons. The molecule has 0 bridgehead atoms. The first kappa shape index (κ1) is 14.3. The summed E-state index contributed by atoms with van der Waals surface area (Å²) in [7, 11) is 0. The quantitative estimate of drug-likeness (QED) is 0.723. The van der Waals surface area contributed by atoms with Gasteiger partial charge in [0.1, 0.15) is 0 Å². The molecule has 3 aromatic rings. The topological polar surface area (TPSA) is 61.0 Å². The van der Waals surface area contributed by atoms with Crippen LogP contribution in [0.1, 0.15) is 28.4 Å². The van der Waals surface area contributed by atoms with Crippen LogP contribution in [0.15, 0.2) is 47.1 Å². The van der Waals surface area contributed by atoms with Crippen molar-refractivity contribution in [2.75, 3.05) is 0 Å². The number of pyridine rings is 1. The standard InChI is InChI=1S/C17H17N3O2/c1-12-7-8-16(18-10-12)21-11-17-19-15(20-22-17)9-14-6-4-3-5-13(14)2/h3-8,10H,9,11H2,1-2H3. The molecule has 0 unspecified atom stereocenters. The smallest absolute Gasteiger partial charge is 0.264 e. The number of hydrogen-bond acceptors (Lipinski definition) is 5. The first-order valence-corrected chi connectivity index (χ1v) is 7.12. The maximum atomic E-state index is 5.53. The zero-order valence-electron chi connectivity index (χ0n) is 12.6. The predicted octanol–water partition coefficient (Wildman–Crippen LogP) is 3.25. The molecular formula is C17H17N3O2. The summed E-state index contributed by atoms with van der Waals surface area (Å²) in [5.41, 5.74) is 3.50. The normalized spacial score (nSPS) is 10.6. The fourth-order valence-corrected chi connectivity index (χ4v) is 2.07. The molecule has 1 aromatic carbocycles. The lowest BCUT2D eigenvalue weighted by Gasteiger charge is -2.01. The van der Waals surface area contributed by atoms with Crippen molar-refractivity contribution in [2.24, 2.45) is 0 Å². The van der Waals surface area contributed by atoms with E-state index in [4.69, 9.17) is 9.26 Å². The van der Waals surface area contributed by atoms with Crippen LogP contribution in [0.4, 0.5) is 0 Å². The lowest BCUT2D eigenvalue weighted by atomic mass is 10.1. The highest BCUT2D eigenvalue weighted by atomic mass is 16.5. The van der Waals surface area contributed by atoms with Crippen molar-refractivity contribution >= 4 is 0 Å². The van der Waals surface area contributed by atoms with Gasteiger partial charge in [0.2, 0.25) is 5.88 Å². The van der Waals surface area contributed by atoms with E-state index in [-0.39, 0.29) is 6.61 Å². The van der Waals surface area contributed by atoms with Crippen LogP contribution in [-0.4, -0.2) is 15.1 Å². The van der Waals surface area contributed by atoms with Crippen LogP contribution in [0.25, 0.3) is 0 Å². The van der Waals surface area contributed by atoms with Gasteiger partial charge < -0.3 is 9.26 Å². The average molecular weight is 295 g/mol. The maximum absolute atomic E-state index is 5.53. The van der Waals surface area contributed by atoms with E-state index < -0.39 is 0 Å². The predicted molar refractivity (Wildman–Crippen MR) is 81.6 cm³/mol. The second-order valence-electron chi connectivity index (χ2n) is 5.17. The first-order chi connectivity index (χ1) is 10.7. The molecule has 0 N–H and O–H groups in total. The Morgan fingerprint density at radius 2 is 1.95 bits per heavy atom. The number of nitrogens with zero attached hydrogens (tertiary/aromatic N) is 3. The molecule has 0 saturated heterocycles. The molecular weight excluding hydrogens is 278 g/mol. The van der Waals surface area contributed by atoms with E-state index in [9.17, 15) is 0 Å².